The van der Waals surface area contributed by atoms with Crippen molar-refractivity contribution in [3.8, 4) is 0 Å². The van der Waals surface area contributed by atoms with E-state index in [0.29, 0.717) is 6.42 Å². The lowest BCUT2D eigenvalue weighted by atomic mass is 10.1. The summed E-state index contributed by atoms with van der Waals surface area (Å²) in [4.78, 5) is 12.1. The number of anilines is 1. The number of aliphatic hydroxyl groups is 1. The molecule has 2 aromatic carbocycles. The molecule has 2 rings (SSSR count). The van der Waals surface area contributed by atoms with Gasteiger partial charge in [0.15, 0.2) is 0 Å². The third-order valence-corrected chi connectivity index (χ3v) is 3.06. The van der Waals surface area contributed by atoms with Gasteiger partial charge in [-0.05, 0) is 30.2 Å². The molecule has 1 atom stereocenters. The van der Waals surface area contributed by atoms with Crippen molar-refractivity contribution in [3.63, 3.8) is 0 Å². The molecule has 0 aliphatic heterocycles. The highest BCUT2D eigenvalue weighted by Gasteiger charge is 2.14. The first-order chi connectivity index (χ1) is 10.1. The Balaban J connectivity index is 2.05. The number of benzene rings is 2. The Labute approximate surface area is 122 Å². The molecule has 0 radical (unpaired) electrons. The molecule has 21 heavy (non-hydrogen) atoms. The van der Waals surface area contributed by atoms with Crippen LogP contribution in [0.2, 0.25) is 0 Å². The van der Waals surface area contributed by atoms with Gasteiger partial charge < -0.3 is 16.2 Å². The average molecular weight is 288 g/mol. The zero-order chi connectivity index (χ0) is 15.2. The zero-order valence-corrected chi connectivity index (χ0v) is 11.4. The quantitative estimate of drug-likeness (QED) is 0.734. The van der Waals surface area contributed by atoms with E-state index in [2.05, 4.69) is 5.32 Å². The van der Waals surface area contributed by atoms with Crippen molar-refractivity contribution >= 4 is 11.6 Å². The smallest absolute Gasteiger partial charge is 0.251 e. The van der Waals surface area contributed by atoms with E-state index in [1.165, 1.54) is 6.07 Å². The van der Waals surface area contributed by atoms with Gasteiger partial charge in [-0.25, -0.2) is 4.39 Å². The molecular weight excluding hydrogens is 271 g/mol. The molecule has 0 aliphatic carbocycles. The van der Waals surface area contributed by atoms with Gasteiger partial charge >= 0.3 is 0 Å². The predicted molar refractivity (Wildman–Crippen MR) is 79.3 cm³/mol. The summed E-state index contributed by atoms with van der Waals surface area (Å²) in [6.07, 6.45) is 0.494. The summed E-state index contributed by atoms with van der Waals surface area (Å²) < 4.78 is 13.2. The molecule has 2 aromatic rings. The number of amides is 1. The van der Waals surface area contributed by atoms with E-state index in [4.69, 9.17) is 5.73 Å². The fourth-order valence-corrected chi connectivity index (χ4v) is 2.07. The van der Waals surface area contributed by atoms with E-state index in [1.54, 1.807) is 0 Å². The summed E-state index contributed by atoms with van der Waals surface area (Å²) in [5.41, 5.74) is 6.83. The Morgan fingerprint density at radius 2 is 1.95 bits per heavy atom. The van der Waals surface area contributed by atoms with E-state index in [9.17, 15) is 14.3 Å². The maximum Gasteiger partial charge on any atom is 0.251 e. The van der Waals surface area contributed by atoms with Crippen LogP contribution in [0.15, 0.2) is 48.5 Å². The third-order valence-electron chi connectivity index (χ3n) is 3.06. The fraction of sp³-hybridized carbons (Fsp3) is 0.188. The summed E-state index contributed by atoms with van der Waals surface area (Å²) in [6, 6.07) is 12.7. The van der Waals surface area contributed by atoms with Gasteiger partial charge in [0.25, 0.3) is 5.91 Å². The van der Waals surface area contributed by atoms with E-state index in [-0.39, 0.29) is 17.9 Å². The molecule has 1 amide bonds. The van der Waals surface area contributed by atoms with Crippen LogP contribution < -0.4 is 11.1 Å². The molecule has 0 fully saturated rings. The molecule has 4 nitrogen and oxygen atoms in total. The Morgan fingerprint density at radius 1 is 1.24 bits per heavy atom. The second kappa shape index (κ2) is 6.85. The van der Waals surface area contributed by atoms with Crippen LogP contribution in [0.25, 0.3) is 0 Å². The molecule has 0 spiro atoms. The van der Waals surface area contributed by atoms with Gasteiger partial charge in [-0.15, -0.1) is 0 Å². The number of rotatable bonds is 5. The molecule has 5 heteroatoms. The van der Waals surface area contributed by atoms with Crippen molar-refractivity contribution in [2.45, 2.75) is 12.5 Å². The fourth-order valence-electron chi connectivity index (χ4n) is 2.07. The number of nitrogens with two attached hydrogens (primary N) is 1. The number of nitrogen functional groups attached to an aromatic ring is 1. The van der Waals surface area contributed by atoms with E-state index in [1.807, 2.05) is 30.3 Å². The molecule has 0 aromatic heterocycles. The van der Waals surface area contributed by atoms with Crippen molar-refractivity contribution < 1.29 is 14.3 Å². The predicted octanol–water partition coefficient (Wildman–Crippen LogP) is 1.74. The molecule has 0 saturated heterocycles. The number of carbonyl (C=O) groups excluding carboxylic acids is 1. The molecule has 0 unspecified atom stereocenters. The monoisotopic (exact) mass is 288 g/mol. The van der Waals surface area contributed by atoms with E-state index < -0.39 is 17.8 Å². The van der Waals surface area contributed by atoms with Crippen molar-refractivity contribution in [2.24, 2.45) is 0 Å². The number of nitrogens with one attached hydrogen (secondary N) is 1. The van der Waals surface area contributed by atoms with Crippen molar-refractivity contribution in [3.05, 3.63) is 65.5 Å². The Morgan fingerprint density at radius 3 is 2.57 bits per heavy atom. The topological polar surface area (TPSA) is 75.4 Å². The summed E-state index contributed by atoms with van der Waals surface area (Å²) in [5, 5.41) is 12.1. The Kier molecular flexibility index (Phi) is 4.90. The number of halogens is 1. The lowest BCUT2D eigenvalue weighted by molar-refractivity contribution is 0.0916. The summed E-state index contributed by atoms with van der Waals surface area (Å²) in [5.74, 6) is -1.03. The number of hydrogen-bond donors (Lipinski definition) is 3. The van der Waals surface area contributed by atoms with E-state index in [0.717, 1.165) is 17.7 Å². The number of carbonyl (C=O) groups is 1. The largest absolute Gasteiger partial charge is 0.399 e. The molecule has 0 aliphatic rings. The van der Waals surface area contributed by atoms with Crippen LogP contribution in [0.1, 0.15) is 15.9 Å². The standard InChI is InChI=1S/C16H17FN2O2/c17-13-7-12(8-14(18)9-13)16(21)19-15(10-20)6-11-4-2-1-3-5-11/h1-5,7-9,15,20H,6,10,18H2,(H,19,21)/t15-/m1/s1. The van der Waals surface area contributed by atoms with Gasteiger partial charge in [0.05, 0.1) is 12.6 Å². The van der Waals surface area contributed by atoms with Crippen LogP contribution in [0.5, 0.6) is 0 Å². The molecule has 0 heterocycles. The minimum absolute atomic E-state index is 0.138. The number of aliphatic hydroxyl groups excluding tert-OH is 1. The van der Waals surface area contributed by atoms with Gasteiger partial charge in [-0.3, -0.25) is 4.79 Å². The van der Waals surface area contributed by atoms with Gasteiger partial charge in [-0.2, -0.15) is 0 Å². The molecule has 4 N–H and O–H groups in total. The lowest BCUT2D eigenvalue weighted by Crippen LogP contribution is -2.39. The van der Waals surface area contributed by atoms with Crippen molar-refractivity contribution in [2.75, 3.05) is 12.3 Å². The highest BCUT2D eigenvalue weighted by atomic mass is 19.1. The molecule has 110 valence electrons. The average Bonchev–Trinajstić information content (AvgIpc) is 2.46. The maximum absolute atomic E-state index is 13.2. The van der Waals surface area contributed by atoms with Gasteiger partial charge in [0, 0.05) is 11.3 Å². The Hall–Kier alpha value is -2.40. The SMILES string of the molecule is Nc1cc(F)cc(C(=O)N[C@@H](CO)Cc2ccccc2)c1. The van der Waals surface area contributed by atoms with E-state index >= 15 is 0 Å². The molecule has 0 saturated carbocycles. The first-order valence-corrected chi connectivity index (χ1v) is 6.60. The van der Waals surface area contributed by atoms with Crippen LogP contribution >= 0.6 is 0 Å². The maximum atomic E-state index is 13.2. The van der Waals surface area contributed by atoms with Gasteiger partial charge in [0.2, 0.25) is 0 Å². The molecule has 0 bridgehead atoms. The lowest BCUT2D eigenvalue weighted by Gasteiger charge is -2.16. The van der Waals surface area contributed by atoms with Crippen molar-refractivity contribution in [1.29, 1.82) is 0 Å². The number of hydrogen-bond acceptors (Lipinski definition) is 3. The summed E-state index contributed by atoms with van der Waals surface area (Å²) in [7, 11) is 0. The first kappa shape index (κ1) is 15.0. The van der Waals surface area contributed by atoms with Crippen LogP contribution in [0.4, 0.5) is 10.1 Å². The minimum atomic E-state index is -0.566. The zero-order valence-electron chi connectivity index (χ0n) is 11.4. The Bertz CT molecular complexity index is 597. The van der Waals surface area contributed by atoms with Gasteiger partial charge in [-0.1, -0.05) is 30.3 Å². The van der Waals surface area contributed by atoms with Crippen LogP contribution in [0, 0.1) is 5.82 Å². The first-order valence-electron chi connectivity index (χ1n) is 6.60. The van der Waals surface area contributed by atoms with Crippen LogP contribution in [-0.4, -0.2) is 23.7 Å². The highest BCUT2D eigenvalue weighted by Crippen LogP contribution is 2.11. The normalized spacial score (nSPS) is 11.9. The van der Waals surface area contributed by atoms with Crippen molar-refractivity contribution in [1.82, 2.24) is 5.32 Å². The second-order valence-corrected chi connectivity index (χ2v) is 4.82. The van der Waals surface area contributed by atoms with Crippen LogP contribution in [-0.2, 0) is 6.42 Å². The highest BCUT2D eigenvalue weighted by molar-refractivity contribution is 5.95. The summed E-state index contributed by atoms with van der Waals surface area (Å²) in [6.45, 7) is -0.203. The van der Waals surface area contributed by atoms with Gasteiger partial charge in [0.1, 0.15) is 5.82 Å². The summed E-state index contributed by atoms with van der Waals surface area (Å²) >= 11 is 0. The third kappa shape index (κ3) is 4.29. The van der Waals surface area contributed by atoms with Crippen LogP contribution in [0.3, 0.4) is 0 Å². The minimum Gasteiger partial charge on any atom is -0.399 e. The second-order valence-electron chi connectivity index (χ2n) is 4.82. The molecular formula is C16H17FN2O2.